The number of amides is 1. The summed E-state index contributed by atoms with van der Waals surface area (Å²) >= 11 is 0. The predicted molar refractivity (Wildman–Crippen MR) is 112 cm³/mol. The van der Waals surface area contributed by atoms with Crippen molar-refractivity contribution in [2.75, 3.05) is 13.2 Å². The maximum Gasteiger partial charge on any atom is 0.274 e. The van der Waals surface area contributed by atoms with Crippen molar-refractivity contribution in [2.24, 2.45) is 0 Å². The van der Waals surface area contributed by atoms with Gasteiger partial charge in [0.05, 0.1) is 30.7 Å². The molecule has 2 N–H and O–H groups in total. The second-order valence-corrected chi connectivity index (χ2v) is 6.65. The number of rotatable bonds is 11. The quantitative estimate of drug-likeness (QED) is 0.469. The van der Waals surface area contributed by atoms with E-state index in [9.17, 15) is 4.79 Å². The van der Waals surface area contributed by atoms with Gasteiger partial charge in [0, 0.05) is 13.2 Å². The summed E-state index contributed by atoms with van der Waals surface area (Å²) in [6.45, 7) is 7.20. The zero-order valence-electron chi connectivity index (χ0n) is 17.5. The van der Waals surface area contributed by atoms with E-state index in [4.69, 9.17) is 9.47 Å². The first-order chi connectivity index (χ1) is 14.6. The van der Waals surface area contributed by atoms with Gasteiger partial charge in [-0.1, -0.05) is 42.5 Å². The Hall–Kier alpha value is -3.04. The van der Waals surface area contributed by atoms with Crippen LogP contribution in [0.4, 0.5) is 0 Å². The number of nitrogens with one attached hydrogen (secondary N) is 2. The lowest BCUT2D eigenvalue weighted by atomic mass is 10.2. The van der Waals surface area contributed by atoms with Crippen LogP contribution in [0.25, 0.3) is 11.3 Å². The van der Waals surface area contributed by atoms with E-state index in [1.54, 1.807) is 17.1 Å². The summed E-state index contributed by atoms with van der Waals surface area (Å²) in [6, 6.07) is 9.66. The third-order valence-electron chi connectivity index (χ3n) is 4.54. The number of hydrogen-bond donors (Lipinski definition) is 2. The summed E-state index contributed by atoms with van der Waals surface area (Å²) in [7, 11) is 0. The molecule has 0 fully saturated rings. The lowest BCUT2D eigenvalue weighted by Crippen LogP contribution is -2.29. The fourth-order valence-corrected chi connectivity index (χ4v) is 3.04. The van der Waals surface area contributed by atoms with Crippen LogP contribution in [-0.2, 0) is 16.0 Å². The van der Waals surface area contributed by atoms with Crippen LogP contribution in [0.5, 0.6) is 0 Å². The van der Waals surface area contributed by atoms with E-state index in [2.05, 4.69) is 25.6 Å². The van der Waals surface area contributed by atoms with Crippen LogP contribution in [0.2, 0.25) is 0 Å². The second-order valence-electron chi connectivity index (χ2n) is 6.65. The normalized spacial score (nSPS) is 12.3. The molecule has 0 aliphatic heterocycles. The van der Waals surface area contributed by atoms with E-state index in [-0.39, 0.29) is 17.6 Å². The van der Waals surface area contributed by atoms with Gasteiger partial charge in [-0.05, 0) is 25.8 Å². The lowest BCUT2D eigenvalue weighted by molar-refractivity contribution is -0.145. The largest absolute Gasteiger partial charge is 0.351 e. The minimum Gasteiger partial charge on any atom is -0.351 e. The summed E-state index contributed by atoms with van der Waals surface area (Å²) in [6.07, 6.45) is 3.61. The molecule has 160 valence electrons. The minimum absolute atomic E-state index is 0.232. The van der Waals surface area contributed by atoms with Gasteiger partial charge in [-0.2, -0.15) is 0 Å². The third kappa shape index (κ3) is 5.52. The SMILES string of the molecule is CCOC(Cn1cc(C(=O)NC(CC)c2ncc(-c3ccccc3)[nH]2)nn1)OCC. The molecule has 0 saturated carbocycles. The average Bonchev–Trinajstić information content (AvgIpc) is 3.43. The number of nitrogens with zero attached hydrogens (tertiary/aromatic N) is 4. The minimum atomic E-state index is -0.430. The molecular formula is C21H28N6O3. The molecule has 1 aromatic carbocycles. The summed E-state index contributed by atoms with van der Waals surface area (Å²) in [5, 5.41) is 11.0. The summed E-state index contributed by atoms with van der Waals surface area (Å²) in [4.78, 5) is 20.4. The number of imidazole rings is 1. The highest BCUT2D eigenvalue weighted by Crippen LogP contribution is 2.20. The van der Waals surface area contributed by atoms with Crippen LogP contribution < -0.4 is 5.32 Å². The van der Waals surface area contributed by atoms with Crippen molar-refractivity contribution in [3.63, 3.8) is 0 Å². The van der Waals surface area contributed by atoms with Gasteiger partial charge in [0.2, 0.25) is 0 Å². The molecule has 1 atom stereocenters. The van der Waals surface area contributed by atoms with E-state index < -0.39 is 6.29 Å². The van der Waals surface area contributed by atoms with Crippen molar-refractivity contribution in [1.82, 2.24) is 30.3 Å². The Balaban J connectivity index is 1.64. The van der Waals surface area contributed by atoms with Gasteiger partial charge in [0.1, 0.15) is 5.82 Å². The van der Waals surface area contributed by atoms with E-state index in [1.165, 1.54) is 0 Å². The first-order valence-electron chi connectivity index (χ1n) is 10.2. The lowest BCUT2D eigenvalue weighted by Gasteiger charge is -2.16. The van der Waals surface area contributed by atoms with Crippen molar-refractivity contribution in [2.45, 2.75) is 46.1 Å². The van der Waals surface area contributed by atoms with E-state index >= 15 is 0 Å². The molecule has 1 unspecified atom stereocenters. The summed E-state index contributed by atoms with van der Waals surface area (Å²) in [5.41, 5.74) is 2.18. The van der Waals surface area contributed by atoms with Crippen LogP contribution in [0, 0.1) is 0 Å². The Bertz CT molecular complexity index is 918. The monoisotopic (exact) mass is 412 g/mol. The van der Waals surface area contributed by atoms with Gasteiger partial charge in [0.15, 0.2) is 12.0 Å². The van der Waals surface area contributed by atoms with Gasteiger partial charge in [-0.3, -0.25) is 4.79 Å². The summed E-state index contributed by atoms with van der Waals surface area (Å²) in [5.74, 6) is 0.389. The molecule has 2 heterocycles. The molecule has 3 aromatic rings. The maximum atomic E-state index is 12.7. The standard InChI is InChI=1S/C21H28N6O3/c1-4-16(20-22-12-17(23-20)15-10-8-7-9-11-15)24-21(28)18-13-27(26-25-18)14-19(29-5-2)30-6-3/h7-13,16,19H,4-6,14H2,1-3H3,(H,22,23)(H,24,28). The molecule has 2 aromatic heterocycles. The zero-order chi connectivity index (χ0) is 21.3. The van der Waals surface area contributed by atoms with Crippen molar-refractivity contribution in [3.05, 3.63) is 54.2 Å². The third-order valence-corrected chi connectivity index (χ3v) is 4.54. The van der Waals surface area contributed by atoms with Crippen LogP contribution in [-0.4, -0.2) is 50.4 Å². The number of benzene rings is 1. The molecule has 9 heteroatoms. The van der Waals surface area contributed by atoms with Crippen LogP contribution in [0.1, 0.15) is 49.5 Å². The molecule has 1 amide bonds. The fraction of sp³-hybridized carbons (Fsp3) is 0.429. The Morgan fingerprint density at radius 1 is 1.17 bits per heavy atom. The van der Waals surface area contributed by atoms with Gasteiger partial charge < -0.3 is 19.8 Å². The predicted octanol–water partition coefficient (Wildman–Crippen LogP) is 2.95. The van der Waals surface area contributed by atoms with Crippen LogP contribution >= 0.6 is 0 Å². The molecule has 0 bridgehead atoms. The fourth-order valence-electron chi connectivity index (χ4n) is 3.04. The Morgan fingerprint density at radius 2 is 1.90 bits per heavy atom. The highest BCUT2D eigenvalue weighted by atomic mass is 16.7. The molecule has 0 radical (unpaired) electrons. The number of aromatic nitrogens is 5. The number of aromatic amines is 1. The molecule has 0 aliphatic rings. The highest BCUT2D eigenvalue weighted by Gasteiger charge is 2.20. The molecule has 0 spiro atoms. The topological polar surface area (TPSA) is 107 Å². The molecular weight excluding hydrogens is 384 g/mol. The Morgan fingerprint density at radius 3 is 2.57 bits per heavy atom. The molecule has 30 heavy (non-hydrogen) atoms. The van der Waals surface area contributed by atoms with E-state index in [0.717, 1.165) is 11.3 Å². The summed E-state index contributed by atoms with van der Waals surface area (Å²) < 4.78 is 12.6. The van der Waals surface area contributed by atoms with Gasteiger partial charge in [0.25, 0.3) is 5.91 Å². The van der Waals surface area contributed by atoms with E-state index in [1.807, 2.05) is 51.1 Å². The number of hydrogen-bond acceptors (Lipinski definition) is 6. The molecule has 3 rings (SSSR count). The Kier molecular flexibility index (Phi) is 7.69. The molecule has 0 saturated heterocycles. The molecule has 9 nitrogen and oxygen atoms in total. The van der Waals surface area contributed by atoms with E-state index in [0.29, 0.717) is 32.0 Å². The number of carbonyl (C=O) groups is 1. The molecule has 0 aliphatic carbocycles. The van der Waals surface area contributed by atoms with Crippen molar-refractivity contribution >= 4 is 5.91 Å². The van der Waals surface area contributed by atoms with Crippen LogP contribution in [0.3, 0.4) is 0 Å². The Labute approximate surface area is 175 Å². The average molecular weight is 412 g/mol. The smallest absolute Gasteiger partial charge is 0.274 e. The van der Waals surface area contributed by atoms with Crippen molar-refractivity contribution in [1.29, 1.82) is 0 Å². The highest BCUT2D eigenvalue weighted by molar-refractivity contribution is 5.92. The first kappa shape index (κ1) is 21.7. The van der Waals surface area contributed by atoms with Crippen molar-refractivity contribution < 1.29 is 14.3 Å². The first-order valence-corrected chi connectivity index (χ1v) is 10.2. The van der Waals surface area contributed by atoms with Gasteiger partial charge >= 0.3 is 0 Å². The number of ether oxygens (including phenoxy) is 2. The zero-order valence-corrected chi connectivity index (χ0v) is 17.5. The van der Waals surface area contributed by atoms with Gasteiger partial charge in [-0.15, -0.1) is 5.10 Å². The van der Waals surface area contributed by atoms with Crippen LogP contribution in [0.15, 0.2) is 42.7 Å². The van der Waals surface area contributed by atoms with Gasteiger partial charge in [-0.25, -0.2) is 9.67 Å². The van der Waals surface area contributed by atoms with Crippen molar-refractivity contribution in [3.8, 4) is 11.3 Å². The number of carbonyl (C=O) groups excluding carboxylic acids is 1. The maximum absolute atomic E-state index is 12.7. The number of H-pyrrole nitrogens is 1. The second kappa shape index (κ2) is 10.7.